The molecular weight excluding hydrogens is 144 g/mol. The van der Waals surface area contributed by atoms with Gasteiger partial charge in [-0.25, -0.2) is 0 Å². The van der Waals surface area contributed by atoms with E-state index in [-0.39, 0.29) is 18.3 Å². The normalized spacial score (nSPS) is 60.3. The van der Waals surface area contributed by atoms with E-state index in [1.54, 1.807) is 0 Å². The summed E-state index contributed by atoms with van der Waals surface area (Å²) >= 11 is 0. The summed E-state index contributed by atoms with van der Waals surface area (Å²) in [6, 6.07) is 0. The van der Waals surface area contributed by atoms with E-state index < -0.39 is 5.79 Å². The van der Waals surface area contributed by atoms with Crippen LogP contribution in [-0.2, 0) is 9.47 Å². The lowest BCUT2D eigenvalue weighted by Crippen LogP contribution is -2.35. The number of hydrogen-bond donors (Lipinski definition) is 1. The van der Waals surface area contributed by atoms with E-state index in [0.717, 1.165) is 19.3 Å². The molecule has 0 aromatic heterocycles. The van der Waals surface area contributed by atoms with Crippen molar-refractivity contribution in [2.75, 3.05) is 0 Å². The predicted octanol–water partition coefficient (Wildman–Crippen LogP) is 0.415. The van der Waals surface area contributed by atoms with Gasteiger partial charge in [0.25, 0.3) is 0 Å². The van der Waals surface area contributed by atoms with E-state index in [9.17, 15) is 5.11 Å². The highest BCUT2D eigenvalue weighted by Gasteiger charge is 2.66. The zero-order valence-corrected chi connectivity index (χ0v) is 6.32. The zero-order valence-electron chi connectivity index (χ0n) is 6.32. The number of ether oxygens (including phenoxy) is 2. The van der Waals surface area contributed by atoms with Gasteiger partial charge in [0.15, 0.2) is 5.79 Å². The van der Waals surface area contributed by atoms with Gasteiger partial charge in [0, 0.05) is 6.42 Å². The molecule has 0 radical (unpaired) electrons. The molecule has 3 heterocycles. The highest BCUT2D eigenvalue weighted by Crippen LogP contribution is 2.50. The van der Waals surface area contributed by atoms with E-state index in [1.165, 1.54) is 6.42 Å². The van der Waals surface area contributed by atoms with Gasteiger partial charge in [-0.2, -0.15) is 0 Å². The second kappa shape index (κ2) is 1.79. The molecule has 0 aromatic rings. The average Bonchev–Trinajstić information content (AvgIpc) is 2.67. The standard InChI is InChI=1S/C8H12O3/c9-8-4-2-1-3-5(11-8)6-7(8)10-6/h5-7,9H,1-4H2/t5-,6-,7-,8+/m1/s1. The SMILES string of the molecule is O[C@@]12CCCC[C@@H](O1)[C@H]1O[C@H]12. The van der Waals surface area contributed by atoms with Crippen LogP contribution < -0.4 is 0 Å². The first kappa shape index (κ1) is 6.40. The largest absolute Gasteiger partial charge is 0.363 e. The van der Waals surface area contributed by atoms with Crippen LogP contribution in [0.25, 0.3) is 0 Å². The van der Waals surface area contributed by atoms with Gasteiger partial charge in [0.05, 0.1) is 6.10 Å². The van der Waals surface area contributed by atoms with Crippen LogP contribution in [0, 0.1) is 0 Å². The van der Waals surface area contributed by atoms with Crippen LogP contribution in [0.3, 0.4) is 0 Å². The lowest BCUT2D eigenvalue weighted by Gasteiger charge is -2.22. The topological polar surface area (TPSA) is 42.0 Å². The summed E-state index contributed by atoms with van der Waals surface area (Å²) in [5.41, 5.74) is 0. The fourth-order valence-electron chi connectivity index (χ4n) is 2.31. The summed E-state index contributed by atoms with van der Waals surface area (Å²) in [6.45, 7) is 0. The number of rotatable bonds is 0. The molecule has 3 saturated heterocycles. The van der Waals surface area contributed by atoms with E-state index in [0.29, 0.717) is 0 Å². The summed E-state index contributed by atoms with van der Waals surface area (Å²) in [5.74, 6) is -0.911. The Labute approximate surface area is 65.3 Å². The predicted molar refractivity (Wildman–Crippen MR) is 37.0 cm³/mol. The van der Waals surface area contributed by atoms with Crippen molar-refractivity contribution in [2.45, 2.75) is 49.8 Å². The quantitative estimate of drug-likeness (QED) is 0.517. The van der Waals surface area contributed by atoms with E-state index in [4.69, 9.17) is 9.47 Å². The van der Waals surface area contributed by atoms with Crippen molar-refractivity contribution >= 4 is 0 Å². The first-order valence-electron chi connectivity index (χ1n) is 4.35. The molecule has 3 aliphatic rings. The molecule has 3 rings (SSSR count). The molecule has 4 atom stereocenters. The van der Waals surface area contributed by atoms with Crippen LogP contribution in [-0.4, -0.2) is 29.2 Å². The molecule has 1 N–H and O–H groups in total. The Hall–Kier alpha value is -0.120. The Morgan fingerprint density at radius 1 is 1.36 bits per heavy atom. The van der Waals surface area contributed by atoms with Crippen molar-refractivity contribution in [3.8, 4) is 0 Å². The minimum atomic E-state index is -0.911. The maximum absolute atomic E-state index is 9.86. The summed E-state index contributed by atoms with van der Waals surface area (Å²) in [6.07, 6.45) is 4.47. The number of hydrogen-bond acceptors (Lipinski definition) is 3. The fourth-order valence-corrected chi connectivity index (χ4v) is 2.31. The van der Waals surface area contributed by atoms with Crippen molar-refractivity contribution in [3.05, 3.63) is 0 Å². The molecule has 0 saturated carbocycles. The summed E-state index contributed by atoms with van der Waals surface area (Å²) in [4.78, 5) is 0. The minimum absolute atomic E-state index is 0.00722. The summed E-state index contributed by atoms with van der Waals surface area (Å²) in [7, 11) is 0. The van der Waals surface area contributed by atoms with Crippen molar-refractivity contribution in [1.29, 1.82) is 0 Å². The van der Waals surface area contributed by atoms with Crippen LogP contribution in [0.4, 0.5) is 0 Å². The molecule has 0 aliphatic carbocycles. The molecule has 3 heteroatoms. The van der Waals surface area contributed by atoms with Gasteiger partial charge in [0.2, 0.25) is 0 Å². The Kier molecular flexibility index (Phi) is 1.04. The second-order valence-corrected chi connectivity index (χ2v) is 3.77. The Morgan fingerprint density at radius 2 is 2.27 bits per heavy atom. The molecule has 0 amide bonds. The molecule has 3 nitrogen and oxygen atoms in total. The molecular formula is C8H12O3. The van der Waals surface area contributed by atoms with Gasteiger partial charge in [-0.15, -0.1) is 0 Å². The molecule has 0 unspecified atom stereocenters. The van der Waals surface area contributed by atoms with Crippen molar-refractivity contribution in [3.63, 3.8) is 0 Å². The molecule has 62 valence electrons. The summed E-state index contributed by atoms with van der Waals surface area (Å²) in [5, 5.41) is 9.86. The van der Waals surface area contributed by atoms with Crippen LogP contribution in [0.15, 0.2) is 0 Å². The second-order valence-electron chi connectivity index (χ2n) is 3.77. The van der Waals surface area contributed by atoms with Gasteiger partial charge in [0.1, 0.15) is 12.2 Å². The highest BCUT2D eigenvalue weighted by molar-refractivity contribution is 5.08. The molecule has 0 aromatic carbocycles. The molecule has 11 heavy (non-hydrogen) atoms. The van der Waals surface area contributed by atoms with Gasteiger partial charge < -0.3 is 14.6 Å². The van der Waals surface area contributed by atoms with Crippen molar-refractivity contribution in [2.24, 2.45) is 0 Å². The van der Waals surface area contributed by atoms with Gasteiger partial charge >= 0.3 is 0 Å². The van der Waals surface area contributed by atoms with Crippen LogP contribution in [0.2, 0.25) is 0 Å². The van der Waals surface area contributed by atoms with Crippen LogP contribution in [0.1, 0.15) is 25.7 Å². The first-order chi connectivity index (χ1) is 5.30. The number of epoxide rings is 1. The van der Waals surface area contributed by atoms with E-state index in [2.05, 4.69) is 0 Å². The molecule has 2 bridgehead atoms. The first-order valence-corrected chi connectivity index (χ1v) is 4.35. The third-order valence-electron chi connectivity index (χ3n) is 2.97. The average molecular weight is 156 g/mol. The Morgan fingerprint density at radius 3 is 3.18 bits per heavy atom. The van der Waals surface area contributed by atoms with Gasteiger partial charge in [-0.1, -0.05) is 6.42 Å². The fraction of sp³-hybridized carbons (Fsp3) is 1.00. The van der Waals surface area contributed by atoms with Gasteiger partial charge in [-0.3, -0.25) is 0 Å². The van der Waals surface area contributed by atoms with Crippen LogP contribution in [0.5, 0.6) is 0 Å². The maximum Gasteiger partial charge on any atom is 0.195 e. The maximum atomic E-state index is 9.86. The highest BCUT2D eigenvalue weighted by atomic mass is 16.7. The lowest BCUT2D eigenvalue weighted by atomic mass is 9.99. The van der Waals surface area contributed by atoms with E-state index >= 15 is 0 Å². The Balaban J connectivity index is 1.92. The Bertz CT molecular complexity index is 194. The lowest BCUT2D eigenvalue weighted by molar-refractivity contribution is -0.228. The third-order valence-corrected chi connectivity index (χ3v) is 2.97. The van der Waals surface area contributed by atoms with Gasteiger partial charge in [-0.05, 0) is 12.8 Å². The van der Waals surface area contributed by atoms with Crippen LogP contribution >= 0.6 is 0 Å². The zero-order chi connectivity index (χ0) is 7.47. The summed E-state index contributed by atoms with van der Waals surface area (Å²) < 4.78 is 10.8. The molecule has 0 spiro atoms. The number of fused-ring (bicyclic) bond motifs is 5. The smallest absolute Gasteiger partial charge is 0.195 e. The molecule has 3 aliphatic heterocycles. The third kappa shape index (κ3) is 0.736. The van der Waals surface area contributed by atoms with Crippen molar-refractivity contribution in [1.82, 2.24) is 0 Å². The van der Waals surface area contributed by atoms with E-state index in [1.807, 2.05) is 0 Å². The molecule has 3 fully saturated rings. The van der Waals surface area contributed by atoms with Crippen molar-refractivity contribution < 1.29 is 14.6 Å². The monoisotopic (exact) mass is 156 g/mol. The number of aliphatic hydroxyl groups is 1. The minimum Gasteiger partial charge on any atom is -0.363 e.